The fourth-order valence-corrected chi connectivity index (χ4v) is 3.42. The van der Waals surface area contributed by atoms with Crippen LogP contribution in [0.4, 0.5) is 5.69 Å². The van der Waals surface area contributed by atoms with Gasteiger partial charge in [0, 0.05) is 10.6 Å². The summed E-state index contributed by atoms with van der Waals surface area (Å²) in [6.07, 6.45) is -0.930. The number of carbonyl (C=O) groups is 2. The van der Waals surface area contributed by atoms with Crippen LogP contribution in [0.25, 0.3) is 0 Å². The highest BCUT2D eigenvalue weighted by molar-refractivity contribution is 6.38. The number of hydrogen-bond donors (Lipinski definition) is 0. The highest BCUT2D eigenvalue weighted by Gasteiger charge is 2.56. The van der Waals surface area contributed by atoms with Crippen molar-refractivity contribution in [1.29, 1.82) is 0 Å². The number of oxime groups is 1. The van der Waals surface area contributed by atoms with Gasteiger partial charge in [-0.1, -0.05) is 41.0 Å². The number of halogens is 1. The van der Waals surface area contributed by atoms with E-state index in [4.69, 9.17) is 16.4 Å². The van der Waals surface area contributed by atoms with Gasteiger partial charge in [-0.15, -0.1) is 0 Å². The topological polar surface area (TPSA) is 59.0 Å². The zero-order valence-electron chi connectivity index (χ0n) is 13.7. The highest BCUT2D eigenvalue weighted by atomic mass is 35.5. The van der Waals surface area contributed by atoms with Gasteiger partial charge in [0.15, 0.2) is 0 Å². The van der Waals surface area contributed by atoms with E-state index in [0.717, 1.165) is 11.1 Å². The molecule has 2 amide bonds. The van der Waals surface area contributed by atoms with Crippen LogP contribution in [0.5, 0.6) is 0 Å². The summed E-state index contributed by atoms with van der Waals surface area (Å²) in [7, 11) is 0. The molecule has 2 atom stereocenters. The fourth-order valence-electron chi connectivity index (χ4n) is 3.19. The maximum Gasteiger partial charge on any atom is 0.278 e. The van der Waals surface area contributed by atoms with E-state index in [1.54, 1.807) is 30.3 Å². The Kier molecular flexibility index (Phi) is 3.62. The standard InChI is InChI=1S/C19H15ClN2O3/c1-10-7-8-12(9-11(10)2)22-18(23)15-16(21-25-17(15)19(22)24)13-5-3-4-6-14(13)20/h3-9,15,17H,1-2H3/t15-,17-/m1/s1. The third-order valence-corrected chi connectivity index (χ3v) is 5.04. The SMILES string of the molecule is Cc1ccc(N2C(=O)[C@@H]3C(c4ccccc4Cl)=NO[C@H]3C2=O)cc1C. The van der Waals surface area contributed by atoms with Gasteiger partial charge in [0.25, 0.3) is 5.91 Å². The summed E-state index contributed by atoms with van der Waals surface area (Å²) in [5.74, 6) is -1.51. The molecule has 0 radical (unpaired) electrons. The molecule has 6 heteroatoms. The summed E-state index contributed by atoms with van der Waals surface area (Å²) >= 11 is 6.22. The van der Waals surface area contributed by atoms with Crippen molar-refractivity contribution in [3.8, 4) is 0 Å². The van der Waals surface area contributed by atoms with Crippen molar-refractivity contribution in [1.82, 2.24) is 0 Å². The second kappa shape index (κ2) is 5.70. The molecule has 0 aromatic heterocycles. The zero-order valence-corrected chi connectivity index (χ0v) is 14.4. The fraction of sp³-hybridized carbons (Fsp3) is 0.211. The summed E-state index contributed by atoms with van der Waals surface area (Å²) in [5.41, 5.74) is 3.67. The Morgan fingerprint density at radius 1 is 1.04 bits per heavy atom. The van der Waals surface area contributed by atoms with Crippen molar-refractivity contribution in [3.63, 3.8) is 0 Å². The van der Waals surface area contributed by atoms with E-state index in [9.17, 15) is 9.59 Å². The molecule has 4 rings (SSSR count). The van der Waals surface area contributed by atoms with E-state index in [2.05, 4.69) is 5.16 Å². The summed E-state index contributed by atoms with van der Waals surface area (Å²) in [4.78, 5) is 32.2. The lowest BCUT2D eigenvalue weighted by Crippen LogP contribution is -2.33. The second-order valence-electron chi connectivity index (χ2n) is 6.24. The molecule has 2 aliphatic rings. The van der Waals surface area contributed by atoms with Gasteiger partial charge in [0.1, 0.15) is 11.6 Å². The third kappa shape index (κ3) is 2.35. The number of hydrogen-bond acceptors (Lipinski definition) is 4. The van der Waals surface area contributed by atoms with Crippen molar-refractivity contribution in [3.05, 3.63) is 64.2 Å². The van der Waals surface area contributed by atoms with Crippen molar-refractivity contribution >= 4 is 34.8 Å². The first-order valence-corrected chi connectivity index (χ1v) is 8.30. The van der Waals surface area contributed by atoms with E-state index >= 15 is 0 Å². The monoisotopic (exact) mass is 354 g/mol. The lowest BCUT2D eigenvalue weighted by atomic mass is 9.94. The molecule has 5 nitrogen and oxygen atoms in total. The first-order chi connectivity index (χ1) is 12.0. The summed E-state index contributed by atoms with van der Waals surface area (Å²) in [5, 5.41) is 4.44. The Balaban J connectivity index is 1.74. The average molecular weight is 355 g/mol. The van der Waals surface area contributed by atoms with Crippen LogP contribution in [0.2, 0.25) is 5.02 Å². The van der Waals surface area contributed by atoms with E-state index in [1.807, 2.05) is 26.0 Å². The Labute approximate surface area is 149 Å². The van der Waals surface area contributed by atoms with Crippen LogP contribution in [-0.2, 0) is 14.4 Å². The van der Waals surface area contributed by atoms with Crippen molar-refractivity contribution in [2.75, 3.05) is 4.90 Å². The molecule has 0 saturated carbocycles. The summed E-state index contributed by atoms with van der Waals surface area (Å²) in [6, 6.07) is 12.6. The number of carbonyl (C=O) groups excluding carboxylic acids is 2. The van der Waals surface area contributed by atoms with Crippen LogP contribution in [0, 0.1) is 19.8 Å². The van der Waals surface area contributed by atoms with Crippen molar-refractivity contribution in [2.24, 2.45) is 11.1 Å². The number of benzene rings is 2. The van der Waals surface area contributed by atoms with Gasteiger partial charge >= 0.3 is 0 Å². The smallest absolute Gasteiger partial charge is 0.278 e. The van der Waals surface area contributed by atoms with Gasteiger partial charge in [0.05, 0.1) is 5.69 Å². The molecule has 2 heterocycles. The van der Waals surface area contributed by atoms with E-state index in [0.29, 0.717) is 22.0 Å². The number of rotatable bonds is 2. The number of anilines is 1. The van der Waals surface area contributed by atoms with Gasteiger partial charge in [0.2, 0.25) is 12.0 Å². The predicted octanol–water partition coefficient (Wildman–Crippen LogP) is 3.25. The molecule has 1 fully saturated rings. The lowest BCUT2D eigenvalue weighted by Gasteiger charge is -2.16. The van der Waals surface area contributed by atoms with Crippen LogP contribution in [0.3, 0.4) is 0 Å². The molecule has 2 aromatic carbocycles. The quantitative estimate of drug-likeness (QED) is 0.778. The number of nitrogens with zero attached hydrogens (tertiary/aromatic N) is 2. The maximum absolute atomic E-state index is 13.0. The summed E-state index contributed by atoms with van der Waals surface area (Å²) in [6.45, 7) is 3.92. The predicted molar refractivity (Wildman–Crippen MR) is 94.8 cm³/mol. The minimum Gasteiger partial charge on any atom is -0.381 e. The van der Waals surface area contributed by atoms with Crippen LogP contribution >= 0.6 is 11.6 Å². The molecule has 2 aliphatic heterocycles. The van der Waals surface area contributed by atoms with E-state index in [1.165, 1.54) is 4.90 Å². The first-order valence-electron chi connectivity index (χ1n) is 7.92. The first kappa shape index (κ1) is 15.8. The number of imide groups is 1. The Bertz CT molecular complexity index is 938. The minimum atomic E-state index is -0.930. The van der Waals surface area contributed by atoms with Crippen LogP contribution in [0.1, 0.15) is 16.7 Å². The van der Waals surface area contributed by atoms with E-state index in [-0.39, 0.29) is 5.91 Å². The second-order valence-corrected chi connectivity index (χ2v) is 6.65. The van der Waals surface area contributed by atoms with Gasteiger partial charge in [-0.2, -0.15) is 0 Å². The minimum absolute atomic E-state index is 0.338. The zero-order chi connectivity index (χ0) is 17.7. The van der Waals surface area contributed by atoms with E-state index < -0.39 is 17.9 Å². The molecule has 0 aliphatic carbocycles. The van der Waals surface area contributed by atoms with Gasteiger partial charge in [-0.25, -0.2) is 4.90 Å². The molecule has 2 aromatic rings. The highest BCUT2D eigenvalue weighted by Crippen LogP contribution is 2.36. The molecule has 0 bridgehead atoms. The maximum atomic E-state index is 13.0. The molecular weight excluding hydrogens is 340 g/mol. The molecule has 126 valence electrons. The average Bonchev–Trinajstić information content (AvgIpc) is 3.12. The molecule has 0 spiro atoms. The van der Waals surface area contributed by atoms with Crippen LogP contribution in [0.15, 0.2) is 47.6 Å². The lowest BCUT2D eigenvalue weighted by molar-refractivity contribution is -0.126. The Hall–Kier alpha value is -2.66. The number of amides is 2. The molecule has 25 heavy (non-hydrogen) atoms. The molecular formula is C19H15ClN2O3. The third-order valence-electron chi connectivity index (χ3n) is 4.71. The molecule has 0 unspecified atom stereocenters. The largest absolute Gasteiger partial charge is 0.381 e. The van der Waals surface area contributed by atoms with Gasteiger partial charge < -0.3 is 4.84 Å². The normalized spacial score (nSPS) is 22.0. The molecule has 0 N–H and O–H groups in total. The van der Waals surface area contributed by atoms with Crippen molar-refractivity contribution in [2.45, 2.75) is 20.0 Å². The van der Waals surface area contributed by atoms with Crippen LogP contribution in [-0.4, -0.2) is 23.6 Å². The Morgan fingerprint density at radius 2 is 1.80 bits per heavy atom. The summed E-state index contributed by atoms with van der Waals surface area (Å²) < 4.78 is 0. The number of aryl methyl sites for hydroxylation is 2. The number of fused-ring (bicyclic) bond motifs is 1. The van der Waals surface area contributed by atoms with Gasteiger partial charge in [-0.3, -0.25) is 9.59 Å². The van der Waals surface area contributed by atoms with Gasteiger partial charge in [-0.05, 0) is 43.2 Å². The van der Waals surface area contributed by atoms with Crippen molar-refractivity contribution < 1.29 is 14.4 Å². The molecule has 1 saturated heterocycles. The Morgan fingerprint density at radius 3 is 2.52 bits per heavy atom. The van der Waals surface area contributed by atoms with Crippen LogP contribution < -0.4 is 4.90 Å².